The third kappa shape index (κ3) is 3.99. The number of halogens is 1. The molecule has 1 aromatic rings. The first-order chi connectivity index (χ1) is 10.7. The first kappa shape index (κ1) is 15.8. The van der Waals surface area contributed by atoms with Gasteiger partial charge >= 0.3 is 0 Å². The maximum atomic E-state index is 11.9. The molecular formula is C17H24ClN3O. The molecule has 4 nitrogen and oxygen atoms in total. The molecule has 0 atom stereocenters. The fraction of sp³-hybridized carbons (Fsp3) is 0.647. The Labute approximate surface area is 137 Å². The van der Waals surface area contributed by atoms with Gasteiger partial charge in [0.1, 0.15) is 5.15 Å². The molecule has 1 amide bonds. The quantitative estimate of drug-likeness (QED) is 0.800. The summed E-state index contributed by atoms with van der Waals surface area (Å²) >= 11 is 6.14. The van der Waals surface area contributed by atoms with E-state index in [4.69, 9.17) is 11.6 Å². The fourth-order valence-corrected chi connectivity index (χ4v) is 3.65. The molecule has 0 aromatic carbocycles. The minimum absolute atomic E-state index is 0.357. The number of piperidine rings is 2. The highest BCUT2D eigenvalue weighted by Gasteiger charge is 2.25. The van der Waals surface area contributed by atoms with Crippen molar-refractivity contribution in [1.82, 2.24) is 14.8 Å². The number of nitrogens with zero attached hydrogens (tertiary/aromatic N) is 3. The molecule has 2 fully saturated rings. The fourth-order valence-electron chi connectivity index (χ4n) is 3.47. The highest BCUT2D eigenvalue weighted by molar-refractivity contribution is 6.30. The Kier molecular flexibility index (Phi) is 5.32. The monoisotopic (exact) mass is 321 g/mol. The topological polar surface area (TPSA) is 36.4 Å². The van der Waals surface area contributed by atoms with Gasteiger partial charge in [0.05, 0.1) is 0 Å². The molecule has 3 rings (SSSR count). The van der Waals surface area contributed by atoms with E-state index in [9.17, 15) is 4.79 Å². The predicted octanol–water partition coefficient (Wildman–Crippen LogP) is 2.96. The molecule has 5 heteroatoms. The Morgan fingerprint density at radius 3 is 2.77 bits per heavy atom. The molecule has 1 aromatic heterocycles. The maximum Gasteiger partial charge on any atom is 0.222 e. The van der Waals surface area contributed by atoms with Crippen LogP contribution in [0.15, 0.2) is 18.3 Å². The molecule has 120 valence electrons. The van der Waals surface area contributed by atoms with Crippen LogP contribution in [0.3, 0.4) is 0 Å². The lowest BCUT2D eigenvalue weighted by Gasteiger charge is -2.36. The molecule has 0 saturated carbocycles. The zero-order valence-electron chi connectivity index (χ0n) is 13.0. The minimum atomic E-state index is 0.357. The van der Waals surface area contributed by atoms with Crippen molar-refractivity contribution in [2.45, 2.75) is 38.6 Å². The van der Waals surface area contributed by atoms with Gasteiger partial charge in [0.2, 0.25) is 5.91 Å². The van der Waals surface area contributed by atoms with Gasteiger partial charge < -0.3 is 4.90 Å². The SMILES string of the molecule is O=C1CCCCN1CC1CCN(Cc2cccnc2Cl)CC1. The largest absolute Gasteiger partial charge is 0.342 e. The zero-order valence-corrected chi connectivity index (χ0v) is 13.8. The molecule has 2 aliphatic heterocycles. The molecule has 0 radical (unpaired) electrons. The van der Waals surface area contributed by atoms with E-state index >= 15 is 0 Å². The Balaban J connectivity index is 1.46. The van der Waals surface area contributed by atoms with Crippen LogP contribution in [0, 0.1) is 5.92 Å². The van der Waals surface area contributed by atoms with Crippen LogP contribution in [-0.2, 0) is 11.3 Å². The summed E-state index contributed by atoms with van der Waals surface area (Å²) in [4.78, 5) is 20.6. The predicted molar refractivity (Wildman–Crippen MR) is 87.7 cm³/mol. The maximum absolute atomic E-state index is 11.9. The van der Waals surface area contributed by atoms with Gasteiger partial charge in [-0.25, -0.2) is 4.98 Å². The van der Waals surface area contributed by atoms with Crippen molar-refractivity contribution >= 4 is 17.5 Å². The van der Waals surface area contributed by atoms with Crippen molar-refractivity contribution < 1.29 is 4.79 Å². The lowest BCUT2D eigenvalue weighted by atomic mass is 9.95. The van der Waals surface area contributed by atoms with Gasteiger partial charge in [0.25, 0.3) is 0 Å². The van der Waals surface area contributed by atoms with Crippen LogP contribution in [-0.4, -0.2) is 46.9 Å². The summed E-state index contributed by atoms with van der Waals surface area (Å²) in [6.07, 6.45) is 7.05. The van der Waals surface area contributed by atoms with Gasteiger partial charge in [-0.3, -0.25) is 9.69 Å². The molecule has 0 bridgehead atoms. The van der Waals surface area contributed by atoms with Crippen molar-refractivity contribution in [3.05, 3.63) is 29.0 Å². The second-order valence-electron chi connectivity index (χ2n) is 6.47. The van der Waals surface area contributed by atoms with Crippen molar-refractivity contribution in [3.8, 4) is 0 Å². The van der Waals surface area contributed by atoms with E-state index in [1.54, 1.807) is 6.20 Å². The van der Waals surface area contributed by atoms with E-state index < -0.39 is 0 Å². The number of hydrogen-bond acceptors (Lipinski definition) is 3. The third-order valence-corrected chi connectivity index (χ3v) is 5.18. The lowest BCUT2D eigenvalue weighted by Crippen LogP contribution is -2.42. The number of likely N-dealkylation sites (tertiary alicyclic amines) is 2. The van der Waals surface area contributed by atoms with Crippen LogP contribution in [0.25, 0.3) is 0 Å². The second-order valence-corrected chi connectivity index (χ2v) is 6.83. The average molecular weight is 322 g/mol. The van der Waals surface area contributed by atoms with E-state index in [0.29, 0.717) is 17.0 Å². The first-order valence-electron chi connectivity index (χ1n) is 8.32. The van der Waals surface area contributed by atoms with E-state index in [0.717, 1.165) is 51.1 Å². The molecule has 2 aliphatic rings. The highest BCUT2D eigenvalue weighted by atomic mass is 35.5. The molecule has 3 heterocycles. The van der Waals surface area contributed by atoms with Gasteiger partial charge in [-0.15, -0.1) is 0 Å². The van der Waals surface area contributed by atoms with Gasteiger partial charge in [-0.2, -0.15) is 0 Å². The lowest BCUT2D eigenvalue weighted by molar-refractivity contribution is -0.134. The summed E-state index contributed by atoms with van der Waals surface area (Å²) in [5, 5.41) is 0.614. The standard InChI is InChI=1S/C17H24ClN3O/c18-17-15(4-3-8-19-17)13-20-10-6-14(7-11-20)12-21-9-2-1-5-16(21)22/h3-4,8,14H,1-2,5-7,9-13H2. The number of carbonyl (C=O) groups is 1. The molecular weight excluding hydrogens is 298 g/mol. The summed E-state index contributed by atoms with van der Waals surface area (Å²) in [6.45, 7) is 4.96. The van der Waals surface area contributed by atoms with E-state index in [2.05, 4.69) is 14.8 Å². The average Bonchev–Trinajstić information content (AvgIpc) is 2.54. The summed E-state index contributed by atoms with van der Waals surface area (Å²) in [5.41, 5.74) is 1.11. The Morgan fingerprint density at radius 1 is 1.23 bits per heavy atom. The normalized spacial score (nSPS) is 21.3. The van der Waals surface area contributed by atoms with Crippen LogP contribution < -0.4 is 0 Å². The van der Waals surface area contributed by atoms with Crippen LogP contribution in [0.4, 0.5) is 0 Å². The number of amides is 1. The third-order valence-electron chi connectivity index (χ3n) is 4.84. The van der Waals surface area contributed by atoms with E-state index in [-0.39, 0.29) is 0 Å². The van der Waals surface area contributed by atoms with Crippen LogP contribution in [0.1, 0.15) is 37.7 Å². The number of pyridine rings is 1. The number of hydrogen-bond donors (Lipinski definition) is 0. The second kappa shape index (κ2) is 7.42. The highest BCUT2D eigenvalue weighted by Crippen LogP contribution is 2.23. The van der Waals surface area contributed by atoms with Crippen molar-refractivity contribution in [1.29, 1.82) is 0 Å². The molecule has 0 unspecified atom stereocenters. The summed E-state index contributed by atoms with van der Waals surface area (Å²) < 4.78 is 0. The first-order valence-corrected chi connectivity index (χ1v) is 8.69. The van der Waals surface area contributed by atoms with Crippen molar-refractivity contribution in [2.75, 3.05) is 26.2 Å². The van der Waals surface area contributed by atoms with E-state index in [1.807, 2.05) is 12.1 Å². The van der Waals surface area contributed by atoms with Gasteiger partial charge in [0.15, 0.2) is 0 Å². The molecule has 0 aliphatic carbocycles. The van der Waals surface area contributed by atoms with Gasteiger partial charge in [-0.05, 0) is 50.8 Å². The summed E-state index contributed by atoms with van der Waals surface area (Å²) in [6, 6.07) is 3.99. The molecule has 2 saturated heterocycles. The van der Waals surface area contributed by atoms with Crippen LogP contribution >= 0.6 is 11.6 Å². The Bertz CT molecular complexity index is 514. The minimum Gasteiger partial charge on any atom is -0.342 e. The Hall–Kier alpha value is -1.13. The zero-order chi connectivity index (χ0) is 15.4. The summed E-state index contributed by atoms with van der Waals surface area (Å²) in [5.74, 6) is 1.01. The van der Waals surface area contributed by atoms with Gasteiger partial charge in [0, 0.05) is 37.8 Å². The molecule has 0 N–H and O–H groups in total. The summed E-state index contributed by atoms with van der Waals surface area (Å²) in [7, 11) is 0. The molecule has 22 heavy (non-hydrogen) atoms. The molecule has 0 spiro atoms. The van der Waals surface area contributed by atoms with E-state index in [1.165, 1.54) is 19.3 Å². The van der Waals surface area contributed by atoms with Crippen molar-refractivity contribution in [2.24, 2.45) is 5.92 Å². The number of aromatic nitrogens is 1. The Morgan fingerprint density at radius 2 is 2.05 bits per heavy atom. The van der Waals surface area contributed by atoms with Gasteiger partial charge in [-0.1, -0.05) is 17.7 Å². The smallest absolute Gasteiger partial charge is 0.222 e. The van der Waals surface area contributed by atoms with Crippen LogP contribution in [0.5, 0.6) is 0 Å². The number of rotatable bonds is 4. The van der Waals surface area contributed by atoms with Crippen LogP contribution in [0.2, 0.25) is 5.15 Å². The van der Waals surface area contributed by atoms with Crippen molar-refractivity contribution in [3.63, 3.8) is 0 Å². The number of carbonyl (C=O) groups excluding carboxylic acids is 1.